The summed E-state index contributed by atoms with van der Waals surface area (Å²) in [4.78, 5) is 38.6. The number of benzene rings is 2. The number of nitrogens with zero attached hydrogens (tertiary/aromatic N) is 1. The summed E-state index contributed by atoms with van der Waals surface area (Å²) in [6.45, 7) is 3.32. The van der Waals surface area contributed by atoms with Gasteiger partial charge in [0.05, 0.1) is 44.1 Å². The lowest BCUT2D eigenvalue weighted by Gasteiger charge is -2.36. The highest BCUT2D eigenvalue weighted by Gasteiger charge is 2.27. The third-order valence-corrected chi connectivity index (χ3v) is 4.93. The average molecular weight is 426 g/mol. The van der Waals surface area contributed by atoms with E-state index >= 15 is 0 Å². The molecule has 0 bridgehead atoms. The van der Waals surface area contributed by atoms with E-state index in [2.05, 4.69) is 5.32 Å². The van der Waals surface area contributed by atoms with Gasteiger partial charge >= 0.3 is 11.9 Å². The van der Waals surface area contributed by atoms with Crippen LogP contribution in [0.3, 0.4) is 0 Å². The topological polar surface area (TPSA) is 94.2 Å². The molecule has 0 spiro atoms. The smallest absolute Gasteiger partial charge is 0.337 e. The molecule has 8 heteroatoms. The molecule has 0 saturated carbocycles. The first-order valence-electron chi connectivity index (χ1n) is 9.94. The van der Waals surface area contributed by atoms with E-state index in [0.29, 0.717) is 18.8 Å². The molecule has 0 radical (unpaired) electrons. The maximum atomic E-state index is 12.7. The van der Waals surface area contributed by atoms with Crippen LogP contribution in [-0.4, -0.2) is 62.7 Å². The Hall–Kier alpha value is -3.23. The molecule has 0 aliphatic carbocycles. The fourth-order valence-corrected chi connectivity index (χ4v) is 3.59. The fraction of sp³-hybridized carbons (Fsp3) is 0.348. The molecule has 31 heavy (non-hydrogen) atoms. The fourth-order valence-electron chi connectivity index (χ4n) is 3.59. The number of morpholine rings is 1. The molecule has 3 rings (SSSR count). The number of carbonyl (C=O) groups excluding carboxylic acids is 3. The number of amides is 1. The number of esters is 2. The zero-order chi connectivity index (χ0) is 22.4. The van der Waals surface area contributed by atoms with Gasteiger partial charge in [-0.1, -0.05) is 30.3 Å². The van der Waals surface area contributed by atoms with E-state index in [0.717, 1.165) is 5.56 Å². The van der Waals surface area contributed by atoms with Crippen LogP contribution in [0.25, 0.3) is 0 Å². The van der Waals surface area contributed by atoms with E-state index in [4.69, 9.17) is 14.2 Å². The molecule has 164 valence electrons. The minimum Gasteiger partial charge on any atom is -0.465 e. The minimum absolute atomic E-state index is 0.0275. The summed E-state index contributed by atoms with van der Waals surface area (Å²) >= 11 is 0. The molecule has 1 N–H and O–H groups in total. The lowest BCUT2D eigenvalue weighted by Crippen LogP contribution is -2.46. The number of rotatable bonds is 6. The van der Waals surface area contributed by atoms with Crippen LogP contribution in [0.4, 0.5) is 5.69 Å². The molecular formula is C23H26N2O6. The van der Waals surface area contributed by atoms with Crippen molar-refractivity contribution < 1.29 is 28.6 Å². The molecule has 2 atom stereocenters. The lowest BCUT2D eigenvalue weighted by molar-refractivity contribution is -0.122. The van der Waals surface area contributed by atoms with Crippen molar-refractivity contribution in [3.8, 4) is 0 Å². The Morgan fingerprint density at radius 1 is 1.00 bits per heavy atom. The molecule has 0 aromatic heterocycles. The van der Waals surface area contributed by atoms with E-state index in [1.54, 1.807) is 0 Å². The van der Waals surface area contributed by atoms with Gasteiger partial charge in [-0.15, -0.1) is 0 Å². The second-order valence-electron chi connectivity index (χ2n) is 7.37. The summed E-state index contributed by atoms with van der Waals surface area (Å²) in [7, 11) is 2.49. The van der Waals surface area contributed by atoms with Crippen LogP contribution < -0.4 is 5.32 Å². The zero-order valence-electron chi connectivity index (χ0n) is 17.8. The van der Waals surface area contributed by atoms with E-state index in [9.17, 15) is 14.4 Å². The van der Waals surface area contributed by atoms with Gasteiger partial charge < -0.3 is 19.5 Å². The molecule has 1 aliphatic heterocycles. The maximum Gasteiger partial charge on any atom is 0.337 e. The predicted octanol–water partition coefficient (Wildman–Crippen LogP) is 2.66. The van der Waals surface area contributed by atoms with Crippen molar-refractivity contribution in [3.05, 3.63) is 65.2 Å². The molecule has 1 aliphatic rings. The zero-order valence-corrected chi connectivity index (χ0v) is 17.8. The largest absolute Gasteiger partial charge is 0.465 e. The number of ether oxygens (including phenoxy) is 3. The van der Waals surface area contributed by atoms with Crippen LogP contribution in [0.2, 0.25) is 0 Å². The molecule has 8 nitrogen and oxygen atoms in total. The van der Waals surface area contributed by atoms with Crippen LogP contribution in [-0.2, 0) is 19.0 Å². The predicted molar refractivity (Wildman–Crippen MR) is 114 cm³/mol. The first-order chi connectivity index (χ1) is 14.9. The van der Waals surface area contributed by atoms with Crippen LogP contribution in [0.1, 0.15) is 39.3 Å². The average Bonchev–Trinajstić information content (AvgIpc) is 2.77. The summed E-state index contributed by atoms with van der Waals surface area (Å²) in [5.41, 5.74) is 1.66. The van der Waals surface area contributed by atoms with E-state index in [1.165, 1.54) is 32.4 Å². The number of hydrogen-bond donors (Lipinski definition) is 1. The first-order valence-corrected chi connectivity index (χ1v) is 9.94. The van der Waals surface area contributed by atoms with Gasteiger partial charge in [0.1, 0.15) is 0 Å². The Kier molecular flexibility index (Phi) is 7.38. The Labute approximate surface area is 181 Å². The molecule has 2 aromatic rings. The number of hydrogen-bond acceptors (Lipinski definition) is 7. The van der Waals surface area contributed by atoms with Gasteiger partial charge in [0.25, 0.3) is 0 Å². The molecule has 1 amide bonds. The van der Waals surface area contributed by atoms with Crippen LogP contribution in [0, 0.1) is 0 Å². The Morgan fingerprint density at radius 3 is 2.19 bits per heavy atom. The van der Waals surface area contributed by atoms with Crippen LogP contribution >= 0.6 is 0 Å². The van der Waals surface area contributed by atoms with Crippen molar-refractivity contribution in [1.82, 2.24) is 4.90 Å². The third kappa shape index (κ3) is 5.90. The Bertz CT molecular complexity index is 912. The summed E-state index contributed by atoms with van der Waals surface area (Å²) < 4.78 is 15.5. The molecule has 2 unspecified atom stereocenters. The van der Waals surface area contributed by atoms with Crippen LogP contribution in [0.5, 0.6) is 0 Å². The Balaban J connectivity index is 1.71. The highest BCUT2D eigenvalue weighted by atomic mass is 16.5. The monoisotopic (exact) mass is 426 g/mol. The summed E-state index contributed by atoms with van der Waals surface area (Å²) in [5.74, 6) is -1.50. The summed E-state index contributed by atoms with van der Waals surface area (Å²) in [6, 6.07) is 14.2. The van der Waals surface area contributed by atoms with E-state index < -0.39 is 11.9 Å². The van der Waals surface area contributed by atoms with Crippen molar-refractivity contribution in [1.29, 1.82) is 0 Å². The van der Waals surface area contributed by atoms with Gasteiger partial charge in [-0.25, -0.2) is 9.59 Å². The van der Waals surface area contributed by atoms with Crippen molar-refractivity contribution in [3.63, 3.8) is 0 Å². The van der Waals surface area contributed by atoms with E-state index in [-0.39, 0.29) is 35.8 Å². The molecule has 1 heterocycles. The molecule has 1 saturated heterocycles. The minimum atomic E-state index is -0.617. The number of nitrogens with one attached hydrogen (secondary N) is 1. The van der Waals surface area contributed by atoms with Gasteiger partial charge in [0.2, 0.25) is 5.91 Å². The van der Waals surface area contributed by atoms with Crippen molar-refractivity contribution in [2.45, 2.75) is 19.1 Å². The second-order valence-corrected chi connectivity index (χ2v) is 7.37. The summed E-state index contributed by atoms with van der Waals surface area (Å²) in [5, 5.41) is 2.76. The van der Waals surface area contributed by atoms with Crippen molar-refractivity contribution >= 4 is 23.5 Å². The van der Waals surface area contributed by atoms with E-state index in [1.807, 2.05) is 42.2 Å². The number of anilines is 1. The lowest BCUT2D eigenvalue weighted by atomic mass is 10.1. The van der Waals surface area contributed by atoms with Crippen molar-refractivity contribution in [2.24, 2.45) is 0 Å². The number of methoxy groups -OCH3 is 2. The van der Waals surface area contributed by atoms with Gasteiger partial charge in [0.15, 0.2) is 0 Å². The first kappa shape index (κ1) is 22.5. The van der Waals surface area contributed by atoms with Gasteiger partial charge in [-0.05, 0) is 30.7 Å². The highest BCUT2D eigenvalue weighted by molar-refractivity contribution is 5.99. The third-order valence-electron chi connectivity index (χ3n) is 4.93. The van der Waals surface area contributed by atoms with Gasteiger partial charge in [-0.3, -0.25) is 9.69 Å². The standard InChI is InChI=1S/C23H26N2O6/c1-15-12-25(13-20(31-15)16-7-5-4-6-8-16)14-21(26)24-19-10-17(22(27)29-2)9-18(11-19)23(28)30-3/h4-11,15,20H,12-14H2,1-3H3,(H,24,26). The quantitative estimate of drug-likeness (QED) is 0.710. The summed E-state index contributed by atoms with van der Waals surface area (Å²) in [6.07, 6.45) is -0.147. The SMILES string of the molecule is COC(=O)c1cc(NC(=O)CN2CC(C)OC(c3ccccc3)C2)cc(C(=O)OC)c1. The molecular weight excluding hydrogens is 400 g/mol. The normalized spacial score (nSPS) is 18.8. The highest BCUT2D eigenvalue weighted by Crippen LogP contribution is 2.25. The molecule has 1 fully saturated rings. The van der Waals surface area contributed by atoms with Crippen molar-refractivity contribution in [2.75, 3.05) is 39.2 Å². The molecule has 2 aromatic carbocycles. The maximum absolute atomic E-state index is 12.7. The number of carbonyl (C=O) groups is 3. The second kappa shape index (κ2) is 10.2. The van der Waals surface area contributed by atoms with Gasteiger partial charge in [0, 0.05) is 18.8 Å². The van der Waals surface area contributed by atoms with Gasteiger partial charge in [-0.2, -0.15) is 0 Å². The van der Waals surface area contributed by atoms with Crippen LogP contribution in [0.15, 0.2) is 48.5 Å². The Morgan fingerprint density at radius 2 is 1.61 bits per heavy atom.